The molecule has 0 aromatic carbocycles. The van der Waals surface area contributed by atoms with Crippen LogP contribution in [-0.4, -0.2) is 26.8 Å². The molecule has 2 aliphatic rings. The topological polar surface area (TPSA) is 84.2 Å². The summed E-state index contributed by atoms with van der Waals surface area (Å²) in [5, 5.41) is 16.4. The Labute approximate surface area is 117 Å². The molecule has 0 radical (unpaired) electrons. The summed E-state index contributed by atoms with van der Waals surface area (Å²) in [6.45, 7) is 0. The molecule has 0 bridgehead atoms. The molecule has 0 unspecified atom stereocenters. The quantitative estimate of drug-likeness (QED) is 0.826. The average molecular weight is 277 g/mol. The van der Waals surface area contributed by atoms with Gasteiger partial charge in [-0.15, -0.1) is 0 Å². The maximum atomic E-state index is 12.4. The third-order valence-electron chi connectivity index (χ3n) is 4.63. The third-order valence-corrected chi connectivity index (χ3v) is 4.63. The van der Waals surface area contributed by atoms with Gasteiger partial charge in [0.2, 0.25) is 5.91 Å². The molecule has 1 heterocycles. The number of hydrogen-bond donors (Lipinski definition) is 2. The molecule has 0 aliphatic heterocycles. The molecule has 6 heteroatoms. The van der Waals surface area contributed by atoms with Crippen LogP contribution in [0.3, 0.4) is 0 Å². The number of aromatic nitrogens is 2. The van der Waals surface area contributed by atoms with Crippen LogP contribution >= 0.6 is 0 Å². The minimum atomic E-state index is -1.26. The summed E-state index contributed by atoms with van der Waals surface area (Å²) in [5.41, 5.74) is -1.26. The molecule has 1 aromatic heterocycles. The first-order valence-electron chi connectivity index (χ1n) is 7.22. The second kappa shape index (κ2) is 4.92. The molecule has 6 nitrogen and oxygen atoms in total. The molecule has 1 amide bonds. The lowest BCUT2D eigenvalue weighted by atomic mass is 9.85. The summed E-state index contributed by atoms with van der Waals surface area (Å²) in [7, 11) is 0. The van der Waals surface area contributed by atoms with Gasteiger partial charge in [-0.05, 0) is 32.1 Å². The monoisotopic (exact) mass is 277 g/mol. The Hall–Kier alpha value is -1.85. The van der Waals surface area contributed by atoms with Crippen LogP contribution in [0.4, 0.5) is 5.82 Å². The van der Waals surface area contributed by atoms with Crippen LogP contribution in [0, 0.1) is 5.41 Å². The van der Waals surface area contributed by atoms with Gasteiger partial charge in [0.25, 0.3) is 0 Å². The number of carboxylic acid groups (broad SMARTS) is 1. The molecular formula is C14H19N3O3. The number of carbonyl (C=O) groups excluding carboxylic acids is 1. The van der Waals surface area contributed by atoms with Gasteiger partial charge in [-0.1, -0.05) is 12.8 Å². The summed E-state index contributed by atoms with van der Waals surface area (Å²) in [5.74, 6) is -0.794. The SMILES string of the molecule is O=C(O)C1(C(=O)Nc2ccnn2C2CCC2)CCCC1. The Balaban J connectivity index is 1.78. The molecule has 2 fully saturated rings. The fourth-order valence-corrected chi connectivity index (χ4v) is 3.09. The van der Waals surface area contributed by atoms with E-state index in [0.29, 0.717) is 24.7 Å². The van der Waals surface area contributed by atoms with Crippen molar-refractivity contribution in [1.29, 1.82) is 0 Å². The van der Waals surface area contributed by atoms with E-state index in [1.165, 1.54) is 6.42 Å². The van der Waals surface area contributed by atoms with Gasteiger partial charge in [-0.25, -0.2) is 4.68 Å². The van der Waals surface area contributed by atoms with Crippen molar-refractivity contribution >= 4 is 17.7 Å². The van der Waals surface area contributed by atoms with E-state index in [4.69, 9.17) is 0 Å². The molecule has 2 saturated carbocycles. The predicted molar refractivity (Wildman–Crippen MR) is 72.3 cm³/mol. The minimum absolute atomic E-state index is 0.338. The number of carbonyl (C=O) groups is 2. The smallest absolute Gasteiger partial charge is 0.319 e. The standard InChI is InChI=1S/C14H19N3O3/c18-12(14(13(19)20)7-1-2-8-14)16-11-6-9-15-17(11)10-4-3-5-10/h6,9-10H,1-5,7-8H2,(H,16,18)(H,19,20). The van der Waals surface area contributed by atoms with Crippen molar-refractivity contribution in [3.05, 3.63) is 12.3 Å². The Bertz CT molecular complexity index is 528. The first-order chi connectivity index (χ1) is 9.63. The van der Waals surface area contributed by atoms with Gasteiger partial charge >= 0.3 is 5.97 Å². The van der Waals surface area contributed by atoms with Crippen molar-refractivity contribution < 1.29 is 14.7 Å². The Morgan fingerprint density at radius 2 is 2.00 bits per heavy atom. The second-order valence-electron chi connectivity index (χ2n) is 5.79. The van der Waals surface area contributed by atoms with Gasteiger partial charge in [0.15, 0.2) is 0 Å². The number of carboxylic acids is 1. The highest BCUT2D eigenvalue weighted by atomic mass is 16.4. The number of rotatable bonds is 4. The number of nitrogens with one attached hydrogen (secondary N) is 1. The lowest BCUT2D eigenvalue weighted by Gasteiger charge is -2.28. The van der Waals surface area contributed by atoms with Gasteiger partial charge in [-0.2, -0.15) is 5.10 Å². The number of nitrogens with zero attached hydrogens (tertiary/aromatic N) is 2. The molecule has 3 rings (SSSR count). The van der Waals surface area contributed by atoms with Crippen LogP contribution in [0.25, 0.3) is 0 Å². The van der Waals surface area contributed by atoms with Gasteiger partial charge in [-0.3, -0.25) is 9.59 Å². The van der Waals surface area contributed by atoms with E-state index in [2.05, 4.69) is 10.4 Å². The van der Waals surface area contributed by atoms with E-state index in [9.17, 15) is 14.7 Å². The summed E-state index contributed by atoms with van der Waals surface area (Å²) in [4.78, 5) is 23.9. The van der Waals surface area contributed by atoms with Crippen molar-refractivity contribution in [2.45, 2.75) is 51.0 Å². The minimum Gasteiger partial charge on any atom is -0.480 e. The van der Waals surface area contributed by atoms with E-state index in [0.717, 1.165) is 25.7 Å². The van der Waals surface area contributed by atoms with Gasteiger partial charge in [0, 0.05) is 6.07 Å². The zero-order valence-electron chi connectivity index (χ0n) is 11.3. The zero-order chi connectivity index (χ0) is 14.2. The molecular weight excluding hydrogens is 258 g/mol. The summed E-state index contributed by atoms with van der Waals surface area (Å²) in [6, 6.07) is 2.07. The molecule has 1 aromatic rings. The van der Waals surface area contributed by atoms with Crippen LogP contribution in [0.2, 0.25) is 0 Å². The largest absolute Gasteiger partial charge is 0.480 e. The zero-order valence-corrected chi connectivity index (χ0v) is 11.3. The van der Waals surface area contributed by atoms with E-state index in [-0.39, 0.29) is 0 Å². The first kappa shape index (κ1) is 13.1. The second-order valence-corrected chi connectivity index (χ2v) is 5.79. The first-order valence-corrected chi connectivity index (χ1v) is 7.22. The van der Waals surface area contributed by atoms with Crippen molar-refractivity contribution in [2.24, 2.45) is 5.41 Å². The van der Waals surface area contributed by atoms with Crippen LogP contribution in [0.1, 0.15) is 51.0 Å². The molecule has 0 spiro atoms. The number of hydrogen-bond acceptors (Lipinski definition) is 3. The van der Waals surface area contributed by atoms with Crippen molar-refractivity contribution in [3.63, 3.8) is 0 Å². The maximum absolute atomic E-state index is 12.4. The highest BCUT2D eigenvalue weighted by Crippen LogP contribution is 2.40. The fourth-order valence-electron chi connectivity index (χ4n) is 3.09. The van der Waals surface area contributed by atoms with E-state index >= 15 is 0 Å². The Morgan fingerprint density at radius 1 is 1.30 bits per heavy atom. The number of aliphatic carboxylic acids is 1. The van der Waals surface area contributed by atoms with Gasteiger partial charge < -0.3 is 10.4 Å². The molecule has 108 valence electrons. The predicted octanol–water partition coefficient (Wildman–Crippen LogP) is 2.19. The highest BCUT2D eigenvalue weighted by molar-refractivity contribution is 6.08. The van der Waals surface area contributed by atoms with Crippen LogP contribution in [0.5, 0.6) is 0 Å². The summed E-state index contributed by atoms with van der Waals surface area (Å²) < 4.78 is 1.81. The molecule has 20 heavy (non-hydrogen) atoms. The fraction of sp³-hybridized carbons (Fsp3) is 0.643. The van der Waals surface area contributed by atoms with E-state index in [1.54, 1.807) is 12.3 Å². The van der Waals surface area contributed by atoms with Crippen LogP contribution in [-0.2, 0) is 9.59 Å². The molecule has 0 atom stereocenters. The van der Waals surface area contributed by atoms with Crippen molar-refractivity contribution in [3.8, 4) is 0 Å². The molecule has 0 saturated heterocycles. The lowest BCUT2D eigenvalue weighted by Crippen LogP contribution is -2.41. The lowest BCUT2D eigenvalue weighted by molar-refractivity contribution is -0.153. The van der Waals surface area contributed by atoms with Crippen LogP contribution in [0.15, 0.2) is 12.3 Å². The van der Waals surface area contributed by atoms with Crippen molar-refractivity contribution in [2.75, 3.05) is 5.32 Å². The molecule has 2 aliphatic carbocycles. The highest BCUT2D eigenvalue weighted by Gasteiger charge is 2.48. The normalized spacial score (nSPS) is 21.4. The number of amides is 1. The van der Waals surface area contributed by atoms with Gasteiger partial charge in [0.05, 0.1) is 12.2 Å². The summed E-state index contributed by atoms with van der Waals surface area (Å²) in [6.07, 6.45) is 7.39. The van der Waals surface area contributed by atoms with Crippen molar-refractivity contribution in [1.82, 2.24) is 9.78 Å². The molecule has 2 N–H and O–H groups in total. The third kappa shape index (κ3) is 1.99. The summed E-state index contributed by atoms with van der Waals surface area (Å²) >= 11 is 0. The van der Waals surface area contributed by atoms with Crippen LogP contribution < -0.4 is 5.32 Å². The Kier molecular flexibility index (Phi) is 3.23. The number of anilines is 1. The van der Waals surface area contributed by atoms with E-state index in [1.807, 2.05) is 4.68 Å². The average Bonchev–Trinajstić information content (AvgIpc) is 2.97. The maximum Gasteiger partial charge on any atom is 0.319 e. The van der Waals surface area contributed by atoms with Gasteiger partial charge in [0.1, 0.15) is 11.2 Å². The Morgan fingerprint density at radius 3 is 2.55 bits per heavy atom. The van der Waals surface area contributed by atoms with E-state index < -0.39 is 17.3 Å².